The van der Waals surface area contributed by atoms with Crippen LogP contribution in [0.3, 0.4) is 0 Å². The van der Waals surface area contributed by atoms with E-state index in [1.54, 1.807) is 24.8 Å². The van der Waals surface area contributed by atoms with Gasteiger partial charge in [-0.2, -0.15) is 13.2 Å². The molecule has 1 atom stereocenters. The molecule has 2 heterocycles. The molecular weight excluding hydrogens is 473 g/mol. The Hall–Kier alpha value is -3.60. The van der Waals surface area contributed by atoms with Gasteiger partial charge in [0, 0.05) is 36.4 Å². The van der Waals surface area contributed by atoms with Gasteiger partial charge in [-0.1, -0.05) is 0 Å². The van der Waals surface area contributed by atoms with E-state index >= 15 is 0 Å². The number of nitrogens with zero attached hydrogens (tertiary/aromatic N) is 3. The fraction of sp³-hybridized carbons (Fsp3) is 0.400. The molecule has 4 N–H and O–H groups in total. The molecule has 1 amide bonds. The second-order valence-electron chi connectivity index (χ2n) is 8.72. The highest BCUT2D eigenvalue weighted by Gasteiger charge is 2.31. The van der Waals surface area contributed by atoms with Crippen LogP contribution in [0.4, 0.5) is 30.4 Å². The second kappa shape index (κ2) is 10.2. The van der Waals surface area contributed by atoms with E-state index in [1.165, 1.54) is 6.07 Å². The lowest BCUT2D eigenvalue weighted by Gasteiger charge is -2.28. The van der Waals surface area contributed by atoms with Crippen molar-refractivity contribution < 1.29 is 22.7 Å². The van der Waals surface area contributed by atoms with Gasteiger partial charge in [-0.25, -0.2) is 9.97 Å². The first-order valence-electron chi connectivity index (χ1n) is 11.7. The summed E-state index contributed by atoms with van der Waals surface area (Å²) in [5.74, 6) is 0.793. The summed E-state index contributed by atoms with van der Waals surface area (Å²) in [6.07, 6.45) is -4.51. The van der Waals surface area contributed by atoms with Gasteiger partial charge in [0.25, 0.3) is 5.91 Å². The number of nitrogens with one attached hydrogen (secondary N) is 2. The van der Waals surface area contributed by atoms with Crippen molar-refractivity contribution in [3.63, 3.8) is 0 Å². The van der Waals surface area contributed by atoms with Crippen LogP contribution in [-0.4, -0.2) is 53.6 Å². The van der Waals surface area contributed by atoms with Gasteiger partial charge in [0.05, 0.1) is 35.9 Å². The molecule has 0 spiro atoms. The van der Waals surface area contributed by atoms with Crippen LogP contribution in [0.2, 0.25) is 0 Å². The number of hydrogen-bond acceptors (Lipinski definition) is 7. The molecule has 1 unspecified atom stereocenters. The molecule has 4 rings (SSSR count). The molecule has 8 nitrogen and oxygen atoms in total. The standard InChI is InChI=1S/C25H29F3N6O2/c1-4-30-21-12-19-22(13-20(21)24(35)34-5-7-36-8-6-34)32-15(3)33-23(19)31-14(2)16-9-17(25(26,27)28)11-18(29)10-16/h9-14,30H,4-8,29H2,1-3H3,(H,31,32,33). The van der Waals surface area contributed by atoms with E-state index in [-0.39, 0.29) is 11.6 Å². The molecule has 0 aliphatic carbocycles. The average molecular weight is 503 g/mol. The smallest absolute Gasteiger partial charge is 0.399 e. The predicted molar refractivity (Wildman–Crippen MR) is 133 cm³/mol. The van der Waals surface area contributed by atoms with Crippen LogP contribution in [0.15, 0.2) is 30.3 Å². The minimum atomic E-state index is -4.51. The summed E-state index contributed by atoms with van der Waals surface area (Å²) in [6.45, 7) is 7.97. The zero-order valence-corrected chi connectivity index (χ0v) is 20.4. The maximum atomic E-state index is 13.3. The molecule has 3 aromatic rings. The van der Waals surface area contributed by atoms with Gasteiger partial charge in [0.2, 0.25) is 0 Å². The number of nitrogens with two attached hydrogens (primary N) is 1. The number of aryl methyl sites for hydroxylation is 1. The fourth-order valence-corrected chi connectivity index (χ4v) is 4.23. The summed E-state index contributed by atoms with van der Waals surface area (Å²) < 4.78 is 45.3. The number of rotatable bonds is 6. The maximum absolute atomic E-state index is 13.3. The first-order chi connectivity index (χ1) is 17.1. The van der Waals surface area contributed by atoms with E-state index in [0.29, 0.717) is 72.2 Å². The first kappa shape index (κ1) is 25.5. The Labute approximate surface area is 207 Å². The number of morpholine rings is 1. The third-order valence-electron chi connectivity index (χ3n) is 6.00. The number of amides is 1. The van der Waals surface area contributed by atoms with Crippen LogP contribution in [0.25, 0.3) is 10.9 Å². The highest BCUT2D eigenvalue weighted by Crippen LogP contribution is 2.35. The summed E-state index contributed by atoms with van der Waals surface area (Å²) in [5.41, 5.74) is 7.03. The number of aromatic nitrogens is 2. The second-order valence-corrected chi connectivity index (χ2v) is 8.72. The van der Waals surface area contributed by atoms with Crippen LogP contribution in [0.5, 0.6) is 0 Å². The zero-order chi connectivity index (χ0) is 26.0. The van der Waals surface area contributed by atoms with Gasteiger partial charge in [0.1, 0.15) is 11.6 Å². The summed E-state index contributed by atoms with van der Waals surface area (Å²) in [6, 6.07) is 6.50. The highest BCUT2D eigenvalue weighted by molar-refractivity contribution is 6.05. The van der Waals surface area contributed by atoms with E-state index in [0.717, 1.165) is 12.1 Å². The Morgan fingerprint density at radius 3 is 2.56 bits per heavy atom. The van der Waals surface area contributed by atoms with Crippen LogP contribution in [0.1, 0.15) is 47.2 Å². The molecule has 1 aromatic heterocycles. The molecule has 11 heteroatoms. The fourth-order valence-electron chi connectivity index (χ4n) is 4.23. The van der Waals surface area contributed by atoms with Crippen molar-refractivity contribution in [2.24, 2.45) is 0 Å². The number of anilines is 3. The number of alkyl halides is 3. The number of ether oxygens (including phenoxy) is 1. The number of halogens is 3. The Balaban J connectivity index is 1.74. The lowest BCUT2D eigenvalue weighted by atomic mass is 10.0. The van der Waals surface area contributed by atoms with Gasteiger partial charge in [-0.3, -0.25) is 4.79 Å². The molecule has 0 bridgehead atoms. The Kier molecular flexibility index (Phi) is 7.21. The molecule has 1 saturated heterocycles. The molecule has 0 saturated carbocycles. The van der Waals surface area contributed by atoms with Gasteiger partial charge in [-0.15, -0.1) is 0 Å². The van der Waals surface area contributed by atoms with E-state index in [1.807, 2.05) is 13.0 Å². The topological polar surface area (TPSA) is 105 Å². The van der Waals surface area contributed by atoms with Gasteiger partial charge >= 0.3 is 6.18 Å². The van der Waals surface area contributed by atoms with Crippen molar-refractivity contribution in [3.8, 4) is 0 Å². The zero-order valence-electron chi connectivity index (χ0n) is 20.4. The van der Waals surface area contributed by atoms with E-state index < -0.39 is 17.8 Å². The quantitative estimate of drug-likeness (QED) is 0.423. The van der Waals surface area contributed by atoms with Crippen molar-refractivity contribution in [2.45, 2.75) is 33.0 Å². The number of carbonyl (C=O) groups excluding carboxylic acids is 1. The number of hydrogen-bond donors (Lipinski definition) is 3. The molecular formula is C25H29F3N6O2. The molecule has 36 heavy (non-hydrogen) atoms. The summed E-state index contributed by atoms with van der Waals surface area (Å²) in [4.78, 5) is 24.1. The van der Waals surface area contributed by atoms with Crippen molar-refractivity contribution in [2.75, 3.05) is 49.2 Å². The monoisotopic (exact) mass is 502 g/mol. The summed E-state index contributed by atoms with van der Waals surface area (Å²) in [5, 5.41) is 7.10. The number of carbonyl (C=O) groups is 1. The van der Waals surface area contributed by atoms with Crippen molar-refractivity contribution in [3.05, 3.63) is 52.8 Å². The first-order valence-corrected chi connectivity index (χ1v) is 11.7. The summed E-state index contributed by atoms with van der Waals surface area (Å²) >= 11 is 0. The van der Waals surface area contributed by atoms with Crippen LogP contribution in [-0.2, 0) is 10.9 Å². The van der Waals surface area contributed by atoms with Crippen LogP contribution in [0, 0.1) is 6.92 Å². The minimum Gasteiger partial charge on any atom is -0.399 e. The number of fused-ring (bicyclic) bond motifs is 1. The van der Waals surface area contributed by atoms with Gasteiger partial charge in [0.15, 0.2) is 0 Å². The predicted octanol–water partition coefficient (Wildman–Crippen LogP) is 4.62. The molecule has 2 aromatic carbocycles. The largest absolute Gasteiger partial charge is 0.416 e. The van der Waals surface area contributed by atoms with Gasteiger partial charge < -0.3 is 26.0 Å². The number of benzene rings is 2. The van der Waals surface area contributed by atoms with Gasteiger partial charge in [-0.05, 0) is 56.7 Å². The Morgan fingerprint density at radius 2 is 1.89 bits per heavy atom. The molecule has 0 radical (unpaired) electrons. The molecule has 1 aliphatic rings. The van der Waals surface area contributed by atoms with E-state index in [4.69, 9.17) is 10.5 Å². The normalized spacial score (nSPS) is 15.1. The molecule has 192 valence electrons. The molecule has 1 fully saturated rings. The highest BCUT2D eigenvalue weighted by atomic mass is 19.4. The average Bonchev–Trinajstić information content (AvgIpc) is 2.83. The van der Waals surface area contributed by atoms with Crippen molar-refractivity contribution in [1.29, 1.82) is 0 Å². The summed E-state index contributed by atoms with van der Waals surface area (Å²) in [7, 11) is 0. The van der Waals surface area contributed by atoms with Crippen molar-refractivity contribution >= 4 is 34.0 Å². The third kappa shape index (κ3) is 5.46. The minimum absolute atomic E-state index is 0.0258. The lowest BCUT2D eigenvalue weighted by Crippen LogP contribution is -2.41. The van der Waals surface area contributed by atoms with E-state index in [9.17, 15) is 18.0 Å². The van der Waals surface area contributed by atoms with E-state index in [2.05, 4.69) is 20.6 Å². The van der Waals surface area contributed by atoms with Crippen LogP contribution >= 0.6 is 0 Å². The van der Waals surface area contributed by atoms with Crippen molar-refractivity contribution in [1.82, 2.24) is 14.9 Å². The number of nitrogen functional groups attached to an aromatic ring is 1. The third-order valence-corrected chi connectivity index (χ3v) is 6.00. The molecule has 1 aliphatic heterocycles. The Bertz CT molecular complexity index is 1270. The maximum Gasteiger partial charge on any atom is 0.416 e. The Morgan fingerprint density at radius 1 is 1.17 bits per heavy atom. The van der Waals surface area contributed by atoms with Crippen LogP contribution < -0.4 is 16.4 Å². The SMILES string of the molecule is CCNc1cc2c(NC(C)c3cc(N)cc(C(F)(F)F)c3)nc(C)nc2cc1C(=O)N1CCOCC1. The lowest BCUT2D eigenvalue weighted by molar-refractivity contribution is -0.137.